The van der Waals surface area contributed by atoms with Gasteiger partial charge < -0.3 is 24.6 Å². The summed E-state index contributed by atoms with van der Waals surface area (Å²) in [6, 6.07) is 3.10. The van der Waals surface area contributed by atoms with Gasteiger partial charge in [-0.1, -0.05) is 23.4 Å². The maximum Gasteiger partial charge on any atom is 0.346 e. The first kappa shape index (κ1) is 22.5. The molecule has 0 bridgehead atoms. The predicted molar refractivity (Wildman–Crippen MR) is 107 cm³/mol. The molecule has 1 aliphatic heterocycles. The van der Waals surface area contributed by atoms with Crippen molar-refractivity contribution in [2.75, 3.05) is 14.2 Å². The molecule has 0 radical (unpaired) electrons. The number of methoxy groups -OCH3 is 2. The zero-order chi connectivity index (χ0) is 21.6. The van der Waals surface area contributed by atoms with Gasteiger partial charge in [-0.05, 0) is 19.1 Å². The van der Waals surface area contributed by atoms with E-state index >= 15 is 0 Å². The molecule has 1 aliphatic rings. The van der Waals surface area contributed by atoms with Crippen LogP contribution in [0.5, 0.6) is 11.5 Å². The van der Waals surface area contributed by atoms with Crippen molar-refractivity contribution >= 4 is 52.6 Å². The second-order valence-electron chi connectivity index (χ2n) is 5.66. The van der Waals surface area contributed by atoms with Gasteiger partial charge in [0.15, 0.2) is 22.8 Å². The first-order chi connectivity index (χ1) is 13.7. The van der Waals surface area contributed by atoms with Crippen LogP contribution in [-0.4, -0.2) is 59.9 Å². The van der Waals surface area contributed by atoms with E-state index in [0.29, 0.717) is 5.56 Å². The van der Waals surface area contributed by atoms with E-state index in [1.807, 2.05) is 0 Å². The summed E-state index contributed by atoms with van der Waals surface area (Å²) in [5, 5.41) is 18.6. The molecule has 1 aromatic rings. The van der Waals surface area contributed by atoms with Gasteiger partial charge in [0.1, 0.15) is 5.25 Å². The maximum absolute atomic E-state index is 11.7. The zero-order valence-electron chi connectivity index (χ0n) is 15.7. The molecular formula is C17H18ClN3O7S. The fourth-order valence-corrected chi connectivity index (χ4v) is 3.39. The fourth-order valence-electron chi connectivity index (χ4n) is 2.21. The number of hydrogen-bond donors (Lipinski definition) is 2. The van der Waals surface area contributed by atoms with Crippen LogP contribution < -0.4 is 14.8 Å². The highest BCUT2D eigenvalue weighted by atomic mass is 35.5. The molecule has 156 valence electrons. The van der Waals surface area contributed by atoms with Gasteiger partial charge in [0, 0.05) is 5.56 Å². The average molecular weight is 444 g/mol. The van der Waals surface area contributed by atoms with E-state index in [9.17, 15) is 14.4 Å². The topological polar surface area (TPSA) is 136 Å². The number of benzene rings is 1. The van der Waals surface area contributed by atoms with Crippen LogP contribution in [0.25, 0.3) is 0 Å². The van der Waals surface area contributed by atoms with Crippen molar-refractivity contribution in [2.24, 2.45) is 10.2 Å². The number of esters is 1. The van der Waals surface area contributed by atoms with Crippen LogP contribution in [0.1, 0.15) is 18.9 Å². The third-order valence-electron chi connectivity index (χ3n) is 3.57. The molecule has 12 heteroatoms. The number of nitrogens with zero attached hydrogens (tertiary/aromatic N) is 2. The highest BCUT2D eigenvalue weighted by Gasteiger charge is 2.32. The minimum Gasteiger partial charge on any atom is -0.493 e. The number of amidine groups is 1. The Morgan fingerprint density at radius 2 is 2.14 bits per heavy atom. The molecule has 2 atom stereocenters. The van der Waals surface area contributed by atoms with Crippen molar-refractivity contribution in [3.63, 3.8) is 0 Å². The van der Waals surface area contributed by atoms with Gasteiger partial charge in [-0.2, -0.15) is 5.10 Å². The molecule has 1 saturated heterocycles. The minimum absolute atomic E-state index is 0.172. The van der Waals surface area contributed by atoms with Crippen LogP contribution in [-0.2, 0) is 19.1 Å². The number of rotatable bonds is 8. The number of thioether (sulfide) groups is 1. The number of hydrogen-bond acceptors (Lipinski definition) is 9. The summed E-state index contributed by atoms with van der Waals surface area (Å²) in [7, 11) is 2.66. The normalized spacial score (nSPS) is 18.6. The number of nitrogens with one attached hydrogen (secondary N) is 1. The lowest BCUT2D eigenvalue weighted by molar-refractivity contribution is -0.148. The van der Waals surface area contributed by atoms with Crippen LogP contribution in [0.3, 0.4) is 0 Å². The number of ether oxygens (including phenoxy) is 3. The molecule has 1 amide bonds. The Kier molecular flexibility index (Phi) is 7.85. The predicted octanol–water partition coefficient (Wildman–Crippen LogP) is 1.69. The Labute approximate surface area is 175 Å². The quantitative estimate of drug-likeness (QED) is 0.352. The molecule has 0 aliphatic carbocycles. The molecule has 2 unspecified atom stereocenters. The minimum atomic E-state index is -1.08. The molecule has 10 nitrogen and oxygen atoms in total. The van der Waals surface area contributed by atoms with E-state index in [-0.39, 0.29) is 28.1 Å². The summed E-state index contributed by atoms with van der Waals surface area (Å²) in [6.07, 6.45) is 0.169. The molecule has 0 saturated carbocycles. The Hall–Kier alpha value is -2.79. The molecule has 1 fully saturated rings. The fraction of sp³-hybridized carbons (Fsp3) is 0.353. The number of halogens is 1. The van der Waals surface area contributed by atoms with E-state index in [0.717, 1.165) is 11.8 Å². The number of carbonyl (C=O) groups is 3. The van der Waals surface area contributed by atoms with E-state index in [2.05, 4.69) is 20.3 Å². The summed E-state index contributed by atoms with van der Waals surface area (Å²) < 4.78 is 15.4. The molecule has 29 heavy (non-hydrogen) atoms. The van der Waals surface area contributed by atoms with Gasteiger partial charge in [0.25, 0.3) is 0 Å². The molecule has 0 aromatic heterocycles. The summed E-state index contributed by atoms with van der Waals surface area (Å²) in [4.78, 5) is 33.9. The number of carboxylic acids is 1. The third kappa shape index (κ3) is 6.09. The monoisotopic (exact) mass is 443 g/mol. The lowest BCUT2D eigenvalue weighted by Crippen LogP contribution is -2.26. The lowest BCUT2D eigenvalue weighted by atomic mass is 10.2. The number of amides is 1. The SMILES string of the molecule is COC(=O)C(C)Oc1c(Cl)cc(C=NN=C2NC(=O)C(CC(=O)O)S2)cc1OC. The Balaban J connectivity index is 2.13. The summed E-state index contributed by atoms with van der Waals surface area (Å²) in [6.45, 7) is 1.51. The van der Waals surface area contributed by atoms with Crippen molar-refractivity contribution in [1.82, 2.24) is 5.32 Å². The highest BCUT2D eigenvalue weighted by molar-refractivity contribution is 8.15. The molecule has 1 aromatic carbocycles. The second kappa shape index (κ2) is 10.1. The van der Waals surface area contributed by atoms with E-state index < -0.39 is 29.2 Å². The smallest absolute Gasteiger partial charge is 0.346 e. The Morgan fingerprint density at radius 3 is 2.76 bits per heavy atom. The van der Waals surface area contributed by atoms with Crippen molar-refractivity contribution in [2.45, 2.75) is 24.7 Å². The van der Waals surface area contributed by atoms with Crippen molar-refractivity contribution in [3.05, 3.63) is 22.7 Å². The molecule has 1 heterocycles. The summed E-state index contributed by atoms with van der Waals surface area (Å²) >= 11 is 7.21. The van der Waals surface area contributed by atoms with Gasteiger partial charge in [-0.25, -0.2) is 4.79 Å². The van der Waals surface area contributed by atoms with Crippen LogP contribution in [0.4, 0.5) is 0 Å². The molecule has 2 rings (SSSR count). The number of carboxylic acid groups (broad SMARTS) is 1. The first-order valence-corrected chi connectivity index (χ1v) is 9.43. The number of carbonyl (C=O) groups excluding carboxylic acids is 2. The molecular weight excluding hydrogens is 426 g/mol. The van der Waals surface area contributed by atoms with Crippen LogP contribution in [0.15, 0.2) is 22.3 Å². The van der Waals surface area contributed by atoms with Gasteiger partial charge in [-0.3, -0.25) is 9.59 Å². The van der Waals surface area contributed by atoms with Crippen molar-refractivity contribution < 1.29 is 33.7 Å². The van der Waals surface area contributed by atoms with E-state index in [1.165, 1.54) is 33.4 Å². The van der Waals surface area contributed by atoms with Gasteiger partial charge >= 0.3 is 11.9 Å². The van der Waals surface area contributed by atoms with Crippen LogP contribution in [0, 0.1) is 0 Å². The van der Waals surface area contributed by atoms with E-state index in [1.54, 1.807) is 6.07 Å². The average Bonchev–Trinajstić information content (AvgIpc) is 3.01. The molecule has 0 spiro atoms. The Morgan fingerprint density at radius 1 is 1.41 bits per heavy atom. The lowest BCUT2D eigenvalue weighted by Gasteiger charge is -2.16. The van der Waals surface area contributed by atoms with E-state index in [4.69, 9.17) is 26.2 Å². The van der Waals surface area contributed by atoms with Gasteiger partial charge in [0.2, 0.25) is 5.91 Å². The van der Waals surface area contributed by atoms with Crippen molar-refractivity contribution in [3.8, 4) is 11.5 Å². The molecule has 2 N–H and O–H groups in total. The standard InChI is InChI=1S/C17H18ClN3O7S/c1-8(16(25)27-3)28-14-10(18)4-9(5-11(14)26-2)7-19-21-17-20-15(24)12(29-17)6-13(22)23/h4-5,7-8,12H,6H2,1-3H3,(H,22,23)(H,20,21,24). The van der Waals surface area contributed by atoms with Gasteiger partial charge in [-0.15, -0.1) is 5.10 Å². The third-order valence-corrected chi connectivity index (χ3v) is 4.92. The second-order valence-corrected chi connectivity index (χ2v) is 7.26. The summed E-state index contributed by atoms with van der Waals surface area (Å²) in [5.41, 5.74) is 0.519. The highest BCUT2D eigenvalue weighted by Crippen LogP contribution is 2.37. The maximum atomic E-state index is 11.7. The zero-order valence-corrected chi connectivity index (χ0v) is 17.2. The summed E-state index contributed by atoms with van der Waals surface area (Å²) in [5.74, 6) is -1.63. The van der Waals surface area contributed by atoms with Crippen LogP contribution >= 0.6 is 23.4 Å². The van der Waals surface area contributed by atoms with Crippen LogP contribution in [0.2, 0.25) is 5.02 Å². The Bertz CT molecular complexity index is 875. The number of aliphatic carboxylic acids is 1. The first-order valence-electron chi connectivity index (χ1n) is 8.17. The largest absolute Gasteiger partial charge is 0.493 e. The van der Waals surface area contributed by atoms with Crippen molar-refractivity contribution in [1.29, 1.82) is 0 Å². The van der Waals surface area contributed by atoms with Gasteiger partial charge in [0.05, 0.1) is 31.9 Å².